The first-order valence-electron chi connectivity index (χ1n) is 4.17. The maximum absolute atomic E-state index is 12.6. The summed E-state index contributed by atoms with van der Waals surface area (Å²) < 4.78 is 49.3. The molecule has 1 N–H and O–H groups in total. The molecule has 1 aromatic carbocycles. The zero-order valence-electron chi connectivity index (χ0n) is 7.99. The number of alkyl halides is 4. The first-order valence-corrected chi connectivity index (χ1v) is 5.34. The van der Waals surface area contributed by atoms with Crippen LogP contribution in [0.1, 0.15) is 0 Å². The molecule has 0 bridgehead atoms. The van der Waals surface area contributed by atoms with Gasteiger partial charge in [-0.1, -0.05) is 11.6 Å². The van der Waals surface area contributed by atoms with Crippen LogP contribution in [0.15, 0.2) is 22.7 Å². The zero-order valence-corrected chi connectivity index (χ0v) is 10.3. The van der Waals surface area contributed by atoms with E-state index in [1.165, 1.54) is 12.1 Å². The second-order valence-corrected chi connectivity index (χ2v) is 4.29. The van der Waals surface area contributed by atoms with Crippen LogP contribution in [0.4, 0.5) is 23.2 Å². The molecule has 0 aromatic heterocycles. The molecule has 0 unspecified atom stereocenters. The van der Waals surface area contributed by atoms with Crippen LogP contribution in [-0.2, 0) is 4.79 Å². The van der Waals surface area contributed by atoms with Gasteiger partial charge < -0.3 is 5.32 Å². The van der Waals surface area contributed by atoms with E-state index in [4.69, 9.17) is 11.6 Å². The van der Waals surface area contributed by atoms with Crippen molar-refractivity contribution in [2.45, 2.75) is 12.3 Å². The topological polar surface area (TPSA) is 29.1 Å². The number of anilines is 1. The highest BCUT2D eigenvalue weighted by atomic mass is 79.9. The first kappa shape index (κ1) is 14.2. The average molecular weight is 334 g/mol. The van der Waals surface area contributed by atoms with Gasteiger partial charge in [-0.25, -0.2) is 8.78 Å². The maximum Gasteiger partial charge on any atom is 0.383 e. The van der Waals surface area contributed by atoms with E-state index < -0.39 is 18.3 Å². The van der Waals surface area contributed by atoms with E-state index >= 15 is 0 Å². The number of carbonyl (C=O) groups is 1. The quantitative estimate of drug-likeness (QED) is 0.834. The van der Waals surface area contributed by atoms with E-state index in [-0.39, 0.29) is 15.2 Å². The molecule has 0 saturated heterocycles. The molecule has 2 nitrogen and oxygen atoms in total. The monoisotopic (exact) mass is 333 g/mol. The number of carbonyl (C=O) groups excluding carboxylic acids is 1. The summed E-state index contributed by atoms with van der Waals surface area (Å²) in [4.78, 5) is 10.9. The summed E-state index contributed by atoms with van der Waals surface area (Å²) in [6, 6.07) is 3.98. The van der Waals surface area contributed by atoms with Crippen LogP contribution < -0.4 is 5.32 Å². The van der Waals surface area contributed by atoms with Crippen LogP contribution in [0.2, 0.25) is 5.02 Å². The van der Waals surface area contributed by atoms with Gasteiger partial charge in [0.2, 0.25) is 0 Å². The van der Waals surface area contributed by atoms with Gasteiger partial charge >= 0.3 is 18.3 Å². The fourth-order valence-electron chi connectivity index (χ4n) is 0.898. The first-order chi connectivity index (χ1) is 7.75. The number of benzene rings is 1. The van der Waals surface area contributed by atoms with Gasteiger partial charge in [0.1, 0.15) is 0 Å². The molecule has 0 heterocycles. The Morgan fingerprint density at radius 2 is 2.00 bits per heavy atom. The molecule has 0 aliphatic carbocycles. The summed E-state index contributed by atoms with van der Waals surface area (Å²) in [6.45, 7) is 0. The molecule has 0 saturated carbocycles. The maximum atomic E-state index is 12.6. The molecule has 0 spiro atoms. The van der Waals surface area contributed by atoms with E-state index in [2.05, 4.69) is 15.9 Å². The summed E-state index contributed by atoms with van der Waals surface area (Å²) in [5.41, 5.74) is -0.108. The number of hydrogen-bond acceptors (Lipinski definition) is 1. The third kappa shape index (κ3) is 3.32. The highest BCUT2D eigenvalue weighted by Crippen LogP contribution is 2.29. The summed E-state index contributed by atoms with van der Waals surface area (Å²) >= 11 is 8.53. The molecule has 1 amide bonds. The number of hydrogen-bond donors (Lipinski definition) is 1. The minimum atomic E-state index is -4.75. The number of halogens is 6. The van der Waals surface area contributed by atoms with Gasteiger partial charge in [-0.05, 0) is 34.1 Å². The van der Waals surface area contributed by atoms with Crippen molar-refractivity contribution in [3.63, 3.8) is 0 Å². The van der Waals surface area contributed by atoms with Crippen molar-refractivity contribution in [2.24, 2.45) is 0 Å². The Labute approximate surface area is 107 Å². The Morgan fingerprint density at radius 1 is 1.41 bits per heavy atom. The smallest absolute Gasteiger partial charge is 0.320 e. The van der Waals surface area contributed by atoms with E-state index in [1.807, 2.05) is 0 Å². The normalized spacial score (nSPS) is 11.7. The fraction of sp³-hybridized carbons (Fsp3) is 0.222. The number of nitrogens with one attached hydrogen (secondary N) is 1. The Bertz CT molecular complexity index is 441. The van der Waals surface area contributed by atoms with Gasteiger partial charge in [0.15, 0.2) is 0 Å². The van der Waals surface area contributed by atoms with Crippen molar-refractivity contribution in [1.29, 1.82) is 0 Å². The summed E-state index contributed by atoms with van der Waals surface area (Å²) in [7, 11) is 0. The van der Waals surface area contributed by atoms with Gasteiger partial charge in [0, 0.05) is 9.50 Å². The van der Waals surface area contributed by atoms with Gasteiger partial charge in [-0.2, -0.15) is 8.78 Å². The van der Waals surface area contributed by atoms with E-state index in [0.29, 0.717) is 0 Å². The summed E-state index contributed by atoms with van der Waals surface area (Å²) in [6.07, 6.45) is -4.07. The molecule has 1 aromatic rings. The minimum absolute atomic E-state index is 0.108. The van der Waals surface area contributed by atoms with Crippen molar-refractivity contribution in [2.75, 3.05) is 5.32 Å². The lowest BCUT2D eigenvalue weighted by atomic mass is 10.3. The van der Waals surface area contributed by atoms with Crippen LogP contribution in [0.25, 0.3) is 0 Å². The van der Waals surface area contributed by atoms with Gasteiger partial charge in [0.05, 0.1) is 5.69 Å². The number of rotatable bonds is 3. The number of amides is 1. The third-order valence-corrected chi connectivity index (χ3v) is 2.68. The molecular formula is C9H5BrClF4NO. The van der Waals surface area contributed by atoms with Crippen molar-refractivity contribution in [1.82, 2.24) is 0 Å². The molecule has 0 fully saturated rings. The zero-order chi connectivity index (χ0) is 13.2. The largest absolute Gasteiger partial charge is 0.383 e. The van der Waals surface area contributed by atoms with E-state index in [0.717, 1.165) is 6.07 Å². The molecule has 94 valence electrons. The van der Waals surface area contributed by atoms with Crippen LogP contribution in [0, 0.1) is 0 Å². The van der Waals surface area contributed by atoms with Gasteiger partial charge in [0.25, 0.3) is 0 Å². The van der Waals surface area contributed by atoms with Gasteiger partial charge in [-0.15, -0.1) is 0 Å². The SMILES string of the molecule is O=C(Nc1cc(Cl)ccc1Br)C(F)(F)C(F)F. The summed E-state index contributed by atoms with van der Waals surface area (Å²) in [5.74, 6) is -6.84. The molecular weight excluding hydrogens is 329 g/mol. The lowest BCUT2D eigenvalue weighted by Gasteiger charge is -2.15. The lowest BCUT2D eigenvalue weighted by molar-refractivity contribution is -0.163. The van der Waals surface area contributed by atoms with E-state index in [9.17, 15) is 22.4 Å². The van der Waals surface area contributed by atoms with Crippen molar-refractivity contribution < 1.29 is 22.4 Å². The van der Waals surface area contributed by atoms with Crippen LogP contribution >= 0.6 is 27.5 Å². The highest BCUT2D eigenvalue weighted by molar-refractivity contribution is 9.10. The Balaban J connectivity index is 2.92. The Hall–Kier alpha value is -0.820. The fourth-order valence-corrected chi connectivity index (χ4v) is 1.42. The Morgan fingerprint density at radius 3 is 2.53 bits per heavy atom. The third-order valence-electron chi connectivity index (χ3n) is 1.75. The lowest BCUT2D eigenvalue weighted by Crippen LogP contribution is -2.41. The molecule has 1 rings (SSSR count). The summed E-state index contributed by atoms with van der Waals surface area (Å²) in [5, 5.41) is 1.84. The van der Waals surface area contributed by atoms with Crippen LogP contribution in [0.3, 0.4) is 0 Å². The second-order valence-electron chi connectivity index (χ2n) is 3.00. The predicted molar refractivity (Wildman–Crippen MR) is 58.7 cm³/mol. The Kier molecular flexibility index (Phi) is 4.37. The predicted octanol–water partition coefficient (Wildman–Crippen LogP) is 3.94. The molecule has 0 aliphatic rings. The minimum Gasteiger partial charge on any atom is -0.320 e. The van der Waals surface area contributed by atoms with Crippen molar-refractivity contribution in [3.05, 3.63) is 27.7 Å². The molecule has 0 aliphatic heterocycles. The van der Waals surface area contributed by atoms with Crippen LogP contribution in [0.5, 0.6) is 0 Å². The molecule has 17 heavy (non-hydrogen) atoms. The van der Waals surface area contributed by atoms with Crippen molar-refractivity contribution >= 4 is 39.1 Å². The highest BCUT2D eigenvalue weighted by Gasteiger charge is 2.49. The van der Waals surface area contributed by atoms with Gasteiger partial charge in [-0.3, -0.25) is 4.79 Å². The standard InChI is InChI=1S/C9H5BrClF4NO/c10-5-2-1-4(11)3-6(5)16-8(17)9(14,15)7(12)13/h1-3,7H,(H,16,17). The van der Waals surface area contributed by atoms with Crippen molar-refractivity contribution in [3.8, 4) is 0 Å². The molecule has 0 atom stereocenters. The average Bonchev–Trinajstić information content (AvgIpc) is 2.23. The van der Waals surface area contributed by atoms with Crippen LogP contribution in [-0.4, -0.2) is 18.3 Å². The molecule has 8 heteroatoms. The second kappa shape index (κ2) is 5.22. The molecule has 0 radical (unpaired) electrons. The van der Waals surface area contributed by atoms with E-state index in [1.54, 1.807) is 5.32 Å².